The van der Waals surface area contributed by atoms with Crippen LogP contribution in [0, 0.1) is 0 Å². The summed E-state index contributed by atoms with van der Waals surface area (Å²) in [4.78, 5) is 7.53. The minimum absolute atomic E-state index is 0.224. The van der Waals surface area contributed by atoms with Gasteiger partial charge in [-0.15, -0.1) is 0 Å². The number of benzene rings is 10. The van der Waals surface area contributed by atoms with Crippen LogP contribution in [0.2, 0.25) is 0 Å². The van der Waals surface area contributed by atoms with E-state index < -0.39 is 0 Å². The Balaban J connectivity index is 0.937. The molecular formula is C66H49N5. The molecule has 0 saturated heterocycles. The van der Waals surface area contributed by atoms with Crippen molar-refractivity contribution in [3.05, 3.63) is 272 Å². The molecule has 5 nitrogen and oxygen atoms in total. The monoisotopic (exact) mass is 911 g/mol. The summed E-state index contributed by atoms with van der Waals surface area (Å²) < 4.78 is 4.82. The average Bonchev–Trinajstić information content (AvgIpc) is 4.07. The average molecular weight is 912 g/mol. The summed E-state index contributed by atoms with van der Waals surface area (Å²) in [6.45, 7) is 0. The first-order valence-electron chi connectivity index (χ1n) is 24.8. The summed E-state index contributed by atoms with van der Waals surface area (Å²) in [7, 11) is 0. The van der Waals surface area contributed by atoms with E-state index in [1.54, 1.807) is 0 Å². The first kappa shape index (κ1) is 41.0. The molecule has 5 heteroatoms. The minimum atomic E-state index is 0.224. The number of aromatic nitrogens is 2. The Morgan fingerprint density at radius 3 is 1.41 bits per heavy atom. The van der Waals surface area contributed by atoms with Crippen LogP contribution in [0.25, 0.3) is 55.0 Å². The Kier molecular flexibility index (Phi) is 9.73. The van der Waals surface area contributed by atoms with Crippen LogP contribution < -0.4 is 14.7 Å². The van der Waals surface area contributed by atoms with Crippen molar-refractivity contribution in [2.45, 2.75) is 24.8 Å². The maximum absolute atomic E-state index is 2.62. The quantitative estimate of drug-likeness (QED) is 0.144. The number of anilines is 7. The van der Waals surface area contributed by atoms with E-state index >= 15 is 0 Å². The SMILES string of the molecule is C1=C2C(CC(N(c3ccccc3)c3ccc4c(c3)c3cc(N(c5ccccc5)c5ccc6c(c5)c5ccccc5n6-c5ccccc5)ccc3n4-c3ccccc3)C1)c1ccccc1N2c1ccccc1. The molecule has 0 N–H and O–H groups in total. The van der Waals surface area contributed by atoms with E-state index in [9.17, 15) is 0 Å². The van der Waals surface area contributed by atoms with Crippen molar-refractivity contribution in [2.24, 2.45) is 0 Å². The highest BCUT2D eigenvalue weighted by atomic mass is 15.2. The normalized spacial score (nSPS) is 15.3. The molecule has 2 aromatic heterocycles. The number of hydrogen-bond acceptors (Lipinski definition) is 3. The van der Waals surface area contributed by atoms with Gasteiger partial charge in [-0.25, -0.2) is 0 Å². The van der Waals surface area contributed by atoms with Gasteiger partial charge in [-0.3, -0.25) is 0 Å². The van der Waals surface area contributed by atoms with Crippen molar-refractivity contribution in [1.29, 1.82) is 0 Å². The number of hydrogen-bond donors (Lipinski definition) is 0. The molecule has 10 aromatic carbocycles. The zero-order chi connectivity index (χ0) is 46.8. The fraction of sp³-hybridized carbons (Fsp3) is 0.0606. The third kappa shape index (κ3) is 6.76. The summed E-state index contributed by atoms with van der Waals surface area (Å²) >= 11 is 0. The predicted molar refractivity (Wildman–Crippen MR) is 297 cm³/mol. The molecule has 3 heterocycles. The lowest BCUT2D eigenvalue weighted by Crippen LogP contribution is -2.35. The molecular weight excluding hydrogens is 863 g/mol. The van der Waals surface area contributed by atoms with E-state index in [1.807, 2.05) is 0 Å². The molecule has 12 aromatic rings. The van der Waals surface area contributed by atoms with Gasteiger partial charge in [0.15, 0.2) is 0 Å². The van der Waals surface area contributed by atoms with E-state index in [2.05, 4.69) is 285 Å². The smallest absolute Gasteiger partial charge is 0.0542 e. The minimum Gasteiger partial charge on any atom is -0.338 e. The fourth-order valence-electron chi connectivity index (χ4n) is 11.9. The Morgan fingerprint density at radius 2 is 0.803 bits per heavy atom. The molecule has 0 bridgehead atoms. The lowest BCUT2D eigenvalue weighted by atomic mass is 9.84. The van der Waals surface area contributed by atoms with Crippen molar-refractivity contribution in [3.8, 4) is 11.4 Å². The maximum Gasteiger partial charge on any atom is 0.0542 e. The second-order valence-electron chi connectivity index (χ2n) is 18.9. The van der Waals surface area contributed by atoms with Gasteiger partial charge in [0, 0.05) is 90.4 Å². The standard InChI is InChI=1S/C66H49N5/c1-6-20-46(21-7-1)67(51-34-38-63-57(42-51)55-30-16-18-32-61(55)69(63)48-24-10-3-11-25-48)53-36-40-65-59(44-53)60-45-54(37-41-66(60)71(65)50-28-14-5-15-29-50)68(47-22-8-2-9-23-47)52-35-39-64-58(43-52)56-31-17-19-33-62(56)70(64)49-26-12-4-13-27-49/h1-34,36-42,44-45,52,58H,35,43H2. The highest BCUT2D eigenvalue weighted by Crippen LogP contribution is 2.53. The highest BCUT2D eigenvalue weighted by molar-refractivity contribution is 6.13. The van der Waals surface area contributed by atoms with Crippen LogP contribution in [0.3, 0.4) is 0 Å². The van der Waals surface area contributed by atoms with E-state index in [0.29, 0.717) is 0 Å². The molecule has 2 unspecified atom stereocenters. The summed E-state index contributed by atoms with van der Waals surface area (Å²) in [5.74, 6) is 0.278. The second-order valence-corrected chi connectivity index (χ2v) is 18.9. The van der Waals surface area contributed by atoms with Crippen molar-refractivity contribution in [2.75, 3.05) is 14.7 Å². The first-order valence-corrected chi connectivity index (χ1v) is 24.8. The van der Waals surface area contributed by atoms with Crippen LogP contribution in [-0.4, -0.2) is 15.2 Å². The van der Waals surface area contributed by atoms with Crippen LogP contribution >= 0.6 is 0 Å². The largest absolute Gasteiger partial charge is 0.338 e. The number of para-hydroxylation sites is 7. The fourth-order valence-corrected chi connectivity index (χ4v) is 11.9. The van der Waals surface area contributed by atoms with E-state index in [1.165, 1.54) is 77.6 Å². The van der Waals surface area contributed by atoms with Crippen molar-refractivity contribution in [1.82, 2.24) is 9.13 Å². The molecule has 338 valence electrons. The number of nitrogens with zero attached hydrogens (tertiary/aromatic N) is 5. The van der Waals surface area contributed by atoms with Gasteiger partial charge >= 0.3 is 0 Å². The molecule has 0 radical (unpaired) electrons. The Hall–Kier alpha value is -9.06. The van der Waals surface area contributed by atoms with Crippen LogP contribution in [0.4, 0.5) is 39.8 Å². The van der Waals surface area contributed by atoms with Crippen LogP contribution in [0.1, 0.15) is 24.3 Å². The predicted octanol–water partition coefficient (Wildman–Crippen LogP) is 17.5. The lowest BCUT2D eigenvalue weighted by molar-refractivity contribution is 0.536. The van der Waals surface area contributed by atoms with Crippen molar-refractivity contribution in [3.63, 3.8) is 0 Å². The number of allylic oxidation sites excluding steroid dienone is 1. The molecule has 14 rings (SSSR count). The zero-order valence-electron chi connectivity index (χ0n) is 39.1. The number of fused-ring (bicyclic) bond motifs is 9. The maximum atomic E-state index is 2.62. The molecule has 0 amide bonds. The summed E-state index contributed by atoms with van der Waals surface area (Å²) in [5.41, 5.74) is 18.0. The molecule has 2 aliphatic rings. The third-order valence-electron chi connectivity index (χ3n) is 14.9. The molecule has 1 aliphatic heterocycles. The Bertz CT molecular complexity index is 3950. The Morgan fingerprint density at radius 1 is 0.352 bits per heavy atom. The third-order valence-corrected chi connectivity index (χ3v) is 14.9. The van der Waals surface area contributed by atoms with Crippen molar-refractivity contribution < 1.29 is 0 Å². The van der Waals surface area contributed by atoms with Crippen molar-refractivity contribution >= 4 is 83.4 Å². The summed E-state index contributed by atoms with van der Waals surface area (Å²) in [6.07, 6.45) is 4.44. The van der Waals surface area contributed by atoms with Gasteiger partial charge in [0.05, 0.1) is 22.1 Å². The van der Waals surface area contributed by atoms with E-state index in [-0.39, 0.29) is 12.0 Å². The number of rotatable bonds is 9. The molecule has 2 atom stereocenters. The molecule has 0 saturated carbocycles. The first-order chi connectivity index (χ1) is 35.2. The molecule has 71 heavy (non-hydrogen) atoms. The second kappa shape index (κ2) is 16.9. The summed E-state index contributed by atoms with van der Waals surface area (Å²) in [6, 6.07) is 93.4. The van der Waals surface area contributed by atoms with Crippen LogP contribution in [0.15, 0.2) is 267 Å². The summed E-state index contributed by atoms with van der Waals surface area (Å²) in [5, 5.41) is 4.86. The van der Waals surface area contributed by atoms with Gasteiger partial charge in [0.2, 0.25) is 0 Å². The van der Waals surface area contributed by atoms with Crippen LogP contribution in [-0.2, 0) is 0 Å². The topological polar surface area (TPSA) is 19.6 Å². The van der Waals surface area contributed by atoms with Gasteiger partial charge in [0.1, 0.15) is 0 Å². The molecule has 1 aliphatic carbocycles. The molecule has 0 fully saturated rings. The van der Waals surface area contributed by atoms with Gasteiger partial charge in [0.25, 0.3) is 0 Å². The van der Waals surface area contributed by atoms with Gasteiger partial charge in [-0.05, 0) is 146 Å². The highest BCUT2D eigenvalue weighted by Gasteiger charge is 2.40. The van der Waals surface area contributed by atoms with Gasteiger partial charge in [-0.2, -0.15) is 0 Å². The van der Waals surface area contributed by atoms with E-state index in [0.717, 1.165) is 41.3 Å². The lowest BCUT2D eigenvalue weighted by Gasteiger charge is -2.38. The zero-order valence-corrected chi connectivity index (χ0v) is 39.1. The Labute approximate surface area is 413 Å². The van der Waals surface area contributed by atoms with Gasteiger partial charge < -0.3 is 23.8 Å². The van der Waals surface area contributed by atoms with E-state index in [4.69, 9.17) is 0 Å². The van der Waals surface area contributed by atoms with Gasteiger partial charge in [-0.1, -0.05) is 133 Å². The van der Waals surface area contributed by atoms with Crippen LogP contribution in [0.5, 0.6) is 0 Å². The molecule has 0 spiro atoms.